The Hall–Kier alpha value is -2.57. The molecule has 2 N–H and O–H groups in total. The van der Waals surface area contributed by atoms with Crippen LogP contribution in [0.4, 0.5) is 10.5 Å². The molecule has 1 heterocycles. The highest BCUT2D eigenvalue weighted by molar-refractivity contribution is 6.00. The van der Waals surface area contributed by atoms with Crippen molar-refractivity contribution in [3.8, 4) is 0 Å². The minimum atomic E-state index is -0.557. The molecule has 1 fully saturated rings. The lowest BCUT2D eigenvalue weighted by Gasteiger charge is -2.19. The maximum atomic E-state index is 12.2. The summed E-state index contributed by atoms with van der Waals surface area (Å²) in [4.78, 5) is 37.5. The maximum absolute atomic E-state index is 12.2. The van der Waals surface area contributed by atoms with Crippen LogP contribution in [-0.2, 0) is 14.3 Å². The summed E-state index contributed by atoms with van der Waals surface area (Å²) in [5.74, 6) is -0.620. The van der Waals surface area contributed by atoms with E-state index < -0.39 is 11.7 Å². The van der Waals surface area contributed by atoms with Gasteiger partial charge in [0.15, 0.2) is 0 Å². The van der Waals surface area contributed by atoms with Crippen LogP contribution in [0.5, 0.6) is 0 Å². The van der Waals surface area contributed by atoms with Gasteiger partial charge in [-0.15, -0.1) is 0 Å². The fourth-order valence-electron chi connectivity index (χ4n) is 2.55. The Morgan fingerprint density at radius 1 is 1.16 bits per heavy atom. The van der Waals surface area contributed by atoms with Crippen LogP contribution in [0, 0.1) is 5.92 Å². The van der Waals surface area contributed by atoms with E-state index in [1.54, 1.807) is 25.7 Å². The second-order valence-corrected chi connectivity index (χ2v) is 6.96. The van der Waals surface area contributed by atoms with Gasteiger partial charge in [0.05, 0.1) is 5.92 Å². The number of hydrogen-bond donors (Lipinski definition) is 2. The molecule has 1 saturated heterocycles. The van der Waals surface area contributed by atoms with Crippen LogP contribution in [0.15, 0.2) is 30.3 Å². The smallest absolute Gasteiger partial charge is 0.407 e. The number of carbonyl (C=O) groups is 3. The highest BCUT2D eigenvalue weighted by Crippen LogP contribution is 2.24. The summed E-state index contributed by atoms with van der Waals surface area (Å²) in [6.07, 6.45) is -0.326. The second-order valence-electron chi connectivity index (χ2n) is 6.96. The van der Waals surface area contributed by atoms with Gasteiger partial charge in [-0.25, -0.2) is 4.79 Å². The largest absolute Gasteiger partial charge is 0.444 e. The molecule has 1 aromatic rings. The summed E-state index contributed by atoms with van der Waals surface area (Å²) in [5, 5.41) is 5.32. The Kier molecular flexibility index (Phi) is 6.01. The summed E-state index contributed by atoms with van der Waals surface area (Å²) in [6.45, 7) is 6.27. The molecule has 1 aliphatic heterocycles. The Balaban J connectivity index is 1.73. The van der Waals surface area contributed by atoms with Gasteiger partial charge in [-0.05, 0) is 32.9 Å². The Labute approximate surface area is 147 Å². The molecule has 0 bridgehead atoms. The number of nitrogens with one attached hydrogen (secondary N) is 2. The van der Waals surface area contributed by atoms with Gasteiger partial charge < -0.3 is 20.3 Å². The fourth-order valence-corrected chi connectivity index (χ4v) is 2.55. The zero-order chi connectivity index (χ0) is 18.4. The van der Waals surface area contributed by atoms with Gasteiger partial charge in [0, 0.05) is 31.7 Å². The minimum Gasteiger partial charge on any atom is -0.444 e. The third-order valence-corrected chi connectivity index (χ3v) is 3.66. The zero-order valence-electron chi connectivity index (χ0n) is 14.9. The Morgan fingerprint density at radius 3 is 2.44 bits per heavy atom. The average Bonchev–Trinajstić information content (AvgIpc) is 2.92. The molecular weight excluding hydrogens is 322 g/mol. The Morgan fingerprint density at radius 2 is 1.80 bits per heavy atom. The average molecular weight is 347 g/mol. The standard InChI is InChI=1S/C18H25N3O4/c1-18(2,3)25-17(24)20-10-9-19-16(23)13-11-15(22)21(12-13)14-7-5-4-6-8-14/h4-8,13H,9-12H2,1-3H3,(H,19,23)(H,20,24)/t13-/m0/s1. The lowest BCUT2D eigenvalue weighted by molar-refractivity contribution is -0.126. The molecule has 25 heavy (non-hydrogen) atoms. The molecule has 0 saturated carbocycles. The molecule has 1 atom stereocenters. The van der Waals surface area contributed by atoms with E-state index in [0.717, 1.165) is 5.69 Å². The summed E-state index contributed by atoms with van der Waals surface area (Å²) in [6, 6.07) is 9.30. The van der Waals surface area contributed by atoms with Crippen LogP contribution in [0.2, 0.25) is 0 Å². The number of nitrogens with zero attached hydrogens (tertiary/aromatic N) is 1. The van der Waals surface area contributed by atoms with E-state index in [-0.39, 0.29) is 37.2 Å². The SMILES string of the molecule is CC(C)(C)OC(=O)NCCNC(=O)[C@H]1CC(=O)N(c2ccccc2)C1. The number of ether oxygens (including phenoxy) is 1. The molecule has 7 heteroatoms. The van der Waals surface area contributed by atoms with Crippen molar-refractivity contribution in [2.75, 3.05) is 24.5 Å². The van der Waals surface area contributed by atoms with Crippen molar-refractivity contribution < 1.29 is 19.1 Å². The van der Waals surface area contributed by atoms with Gasteiger partial charge >= 0.3 is 6.09 Å². The van der Waals surface area contributed by atoms with Gasteiger partial charge in [-0.3, -0.25) is 9.59 Å². The summed E-state index contributed by atoms with van der Waals surface area (Å²) < 4.78 is 5.11. The topological polar surface area (TPSA) is 87.7 Å². The summed E-state index contributed by atoms with van der Waals surface area (Å²) >= 11 is 0. The van der Waals surface area contributed by atoms with Crippen molar-refractivity contribution in [2.24, 2.45) is 5.92 Å². The van der Waals surface area contributed by atoms with Crippen LogP contribution in [0.25, 0.3) is 0 Å². The van der Waals surface area contributed by atoms with Crippen LogP contribution < -0.4 is 15.5 Å². The van der Waals surface area contributed by atoms with Gasteiger partial charge in [-0.2, -0.15) is 0 Å². The molecule has 0 aliphatic carbocycles. The number of hydrogen-bond acceptors (Lipinski definition) is 4. The third kappa shape index (κ3) is 5.77. The van der Waals surface area contributed by atoms with Crippen molar-refractivity contribution in [3.05, 3.63) is 30.3 Å². The van der Waals surface area contributed by atoms with E-state index in [2.05, 4.69) is 10.6 Å². The van der Waals surface area contributed by atoms with E-state index in [1.807, 2.05) is 30.3 Å². The molecule has 3 amide bonds. The number of rotatable bonds is 5. The molecule has 0 radical (unpaired) electrons. The Bertz CT molecular complexity index is 625. The number of carbonyl (C=O) groups excluding carboxylic acids is 3. The zero-order valence-corrected chi connectivity index (χ0v) is 14.9. The number of amides is 3. The van der Waals surface area contributed by atoms with Crippen molar-refractivity contribution in [2.45, 2.75) is 32.8 Å². The first-order valence-corrected chi connectivity index (χ1v) is 8.36. The van der Waals surface area contributed by atoms with E-state index in [4.69, 9.17) is 4.74 Å². The van der Waals surface area contributed by atoms with Crippen molar-refractivity contribution in [3.63, 3.8) is 0 Å². The first-order valence-electron chi connectivity index (χ1n) is 8.36. The van der Waals surface area contributed by atoms with E-state index in [1.165, 1.54) is 0 Å². The van der Waals surface area contributed by atoms with Crippen LogP contribution in [0.1, 0.15) is 27.2 Å². The molecular formula is C18H25N3O4. The van der Waals surface area contributed by atoms with Crippen molar-refractivity contribution in [1.29, 1.82) is 0 Å². The monoisotopic (exact) mass is 347 g/mol. The predicted molar refractivity (Wildman–Crippen MR) is 94.1 cm³/mol. The molecule has 0 aromatic heterocycles. The normalized spacial score (nSPS) is 17.3. The van der Waals surface area contributed by atoms with E-state index >= 15 is 0 Å². The van der Waals surface area contributed by atoms with Crippen molar-refractivity contribution in [1.82, 2.24) is 10.6 Å². The molecule has 0 spiro atoms. The predicted octanol–water partition coefficient (Wildman–Crippen LogP) is 1.68. The summed E-state index contributed by atoms with van der Waals surface area (Å²) in [5.41, 5.74) is 0.243. The first kappa shape index (κ1) is 18.8. The quantitative estimate of drug-likeness (QED) is 0.793. The van der Waals surface area contributed by atoms with Crippen LogP contribution in [0.3, 0.4) is 0 Å². The van der Waals surface area contributed by atoms with Crippen LogP contribution >= 0.6 is 0 Å². The number of para-hydroxylation sites is 1. The number of alkyl carbamates (subject to hydrolysis) is 1. The second kappa shape index (κ2) is 8.00. The van der Waals surface area contributed by atoms with E-state index in [9.17, 15) is 14.4 Å². The highest BCUT2D eigenvalue weighted by Gasteiger charge is 2.34. The first-order chi connectivity index (χ1) is 11.8. The third-order valence-electron chi connectivity index (χ3n) is 3.66. The van der Waals surface area contributed by atoms with Gasteiger partial charge in [0.25, 0.3) is 0 Å². The highest BCUT2D eigenvalue weighted by atomic mass is 16.6. The molecule has 136 valence electrons. The van der Waals surface area contributed by atoms with Crippen molar-refractivity contribution >= 4 is 23.6 Å². The number of anilines is 1. The molecule has 7 nitrogen and oxygen atoms in total. The number of benzene rings is 1. The lowest BCUT2D eigenvalue weighted by Crippen LogP contribution is -2.40. The fraction of sp³-hybridized carbons (Fsp3) is 0.500. The van der Waals surface area contributed by atoms with Gasteiger partial charge in [0.1, 0.15) is 5.60 Å². The lowest BCUT2D eigenvalue weighted by atomic mass is 10.1. The molecule has 1 aliphatic rings. The molecule has 1 aromatic carbocycles. The summed E-state index contributed by atoms with van der Waals surface area (Å²) in [7, 11) is 0. The molecule has 0 unspecified atom stereocenters. The maximum Gasteiger partial charge on any atom is 0.407 e. The minimum absolute atomic E-state index is 0.0572. The van der Waals surface area contributed by atoms with Gasteiger partial charge in [0.2, 0.25) is 11.8 Å². The van der Waals surface area contributed by atoms with Gasteiger partial charge in [-0.1, -0.05) is 18.2 Å². The van der Waals surface area contributed by atoms with E-state index in [0.29, 0.717) is 6.54 Å². The van der Waals surface area contributed by atoms with Crippen LogP contribution in [-0.4, -0.2) is 43.1 Å². The molecule has 2 rings (SSSR count).